The minimum absolute atomic E-state index is 0.151. The Hall–Kier alpha value is -1.98. The molecule has 1 amide bonds. The summed E-state index contributed by atoms with van der Waals surface area (Å²) in [7, 11) is 0. The predicted octanol–water partition coefficient (Wildman–Crippen LogP) is 3.35. The van der Waals surface area contributed by atoms with Crippen LogP contribution in [0.25, 0.3) is 5.78 Å². The summed E-state index contributed by atoms with van der Waals surface area (Å²) < 4.78 is 1.91. The van der Waals surface area contributed by atoms with Gasteiger partial charge in [0, 0.05) is 17.3 Å². The molecule has 6 heteroatoms. The molecule has 0 aliphatic heterocycles. The standard InChI is InChI=1S/C19H29N5O/c1-4-5-6-15-7-9-16(10-8-15)18(25)20-12-17-22-23-19-21-13(2)11-14(3)24(17)19/h11,15-16H,4-10,12H2,1-3H3,(H,20,25). The molecule has 2 heterocycles. The van der Waals surface area contributed by atoms with E-state index in [1.165, 1.54) is 32.1 Å². The topological polar surface area (TPSA) is 72.2 Å². The van der Waals surface area contributed by atoms with Crippen molar-refractivity contribution in [2.24, 2.45) is 11.8 Å². The van der Waals surface area contributed by atoms with E-state index in [0.717, 1.165) is 36.0 Å². The molecule has 0 unspecified atom stereocenters. The second kappa shape index (κ2) is 7.93. The summed E-state index contributed by atoms with van der Waals surface area (Å²) in [5.74, 6) is 2.46. The molecule has 136 valence electrons. The van der Waals surface area contributed by atoms with E-state index in [1.54, 1.807) is 0 Å². The third-order valence-corrected chi connectivity index (χ3v) is 5.36. The average Bonchev–Trinajstić information content (AvgIpc) is 3.01. The number of aryl methyl sites for hydroxylation is 2. The van der Waals surface area contributed by atoms with Gasteiger partial charge in [0.1, 0.15) is 0 Å². The first-order valence-electron chi connectivity index (χ1n) is 9.54. The van der Waals surface area contributed by atoms with Gasteiger partial charge in [0.2, 0.25) is 5.91 Å². The molecule has 25 heavy (non-hydrogen) atoms. The highest BCUT2D eigenvalue weighted by atomic mass is 16.1. The average molecular weight is 343 g/mol. The Labute approximate surface area is 149 Å². The molecular weight excluding hydrogens is 314 g/mol. The van der Waals surface area contributed by atoms with Crippen LogP contribution in [0.5, 0.6) is 0 Å². The molecule has 1 aliphatic rings. The Morgan fingerprint density at radius 1 is 1.24 bits per heavy atom. The van der Waals surface area contributed by atoms with Crippen LogP contribution >= 0.6 is 0 Å². The SMILES string of the molecule is CCCCC1CCC(C(=O)NCc2nnc3nc(C)cc(C)n23)CC1. The van der Waals surface area contributed by atoms with Crippen LogP contribution in [0.1, 0.15) is 69.1 Å². The molecule has 0 spiro atoms. The highest BCUT2D eigenvalue weighted by molar-refractivity contribution is 5.78. The molecular formula is C19H29N5O. The van der Waals surface area contributed by atoms with E-state index < -0.39 is 0 Å². The lowest BCUT2D eigenvalue weighted by Gasteiger charge is -2.27. The summed E-state index contributed by atoms with van der Waals surface area (Å²) in [6.45, 7) is 6.60. The van der Waals surface area contributed by atoms with Gasteiger partial charge >= 0.3 is 0 Å². The van der Waals surface area contributed by atoms with E-state index in [-0.39, 0.29) is 11.8 Å². The van der Waals surface area contributed by atoms with E-state index in [1.807, 2.05) is 24.3 Å². The lowest BCUT2D eigenvalue weighted by Crippen LogP contribution is -2.33. The van der Waals surface area contributed by atoms with Crippen molar-refractivity contribution < 1.29 is 4.79 Å². The monoisotopic (exact) mass is 343 g/mol. The quantitative estimate of drug-likeness (QED) is 0.873. The predicted molar refractivity (Wildman–Crippen MR) is 97.1 cm³/mol. The summed E-state index contributed by atoms with van der Waals surface area (Å²) in [5.41, 5.74) is 1.96. The number of carbonyl (C=O) groups excluding carboxylic acids is 1. The molecule has 2 aromatic heterocycles. The molecule has 0 aromatic carbocycles. The highest BCUT2D eigenvalue weighted by Crippen LogP contribution is 2.32. The van der Waals surface area contributed by atoms with E-state index in [0.29, 0.717) is 12.3 Å². The zero-order chi connectivity index (χ0) is 17.8. The number of aromatic nitrogens is 4. The van der Waals surface area contributed by atoms with Gasteiger partial charge in [0.25, 0.3) is 5.78 Å². The number of unbranched alkanes of at least 4 members (excludes halogenated alkanes) is 1. The van der Waals surface area contributed by atoms with Crippen LogP contribution in [0.2, 0.25) is 0 Å². The first-order chi connectivity index (χ1) is 12.1. The number of hydrogen-bond donors (Lipinski definition) is 1. The van der Waals surface area contributed by atoms with Crippen LogP contribution in [0.15, 0.2) is 6.07 Å². The second-order valence-electron chi connectivity index (χ2n) is 7.37. The van der Waals surface area contributed by atoms with E-state index in [2.05, 4.69) is 27.4 Å². The Bertz CT molecular complexity index is 731. The molecule has 1 fully saturated rings. The largest absolute Gasteiger partial charge is 0.349 e. The molecule has 1 N–H and O–H groups in total. The summed E-state index contributed by atoms with van der Waals surface area (Å²) in [5, 5.41) is 11.4. The lowest BCUT2D eigenvalue weighted by molar-refractivity contribution is -0.126. The number of nitrogens with one attached hydrogen (secondary N) is 1. The number of amides is 1. The minimum atomic E-state index is 0.151. The van der Waals surface area contributed by atoms with Gasteiger partial charge in [-0.15, -0.1) is 10.2 Å². The number of fused-ring (bicyclic) bond motifs is 1. The molecule has 0 saturated heterocycles. The zero-order valence-corrected chi connectivity index (χ0v) is 15.6. The lowest BCUT2D eigenvalue weighted by atomic mass is 9.79. The van der Waals surface area contributed by atoms with Crippen molar-refractivity contribution in [3.05, 3.63) is 23.3 Å². The van der Waals surface area contributed by atoms with Crippen LogP contribution in [0.4, 0.5) is 0 Å². The smallest absolute Gasteiger partial charge is 0.255 e. The van der Waals surface area contributed by atoms with E-state index >= 15 is 0 Å². The van der Waals surface area contributed by atoms with Crippen molar-refractivity contribution in [1.82, 2.24) is 24.9 Å². The third kappa shape index (κ3) is 4.17. The van der Waals surface area contributed by atoms with E-state index in [4.69, 9.17) is 0 Å². The summed E-state index contributed by atoms with van der Waals surface area (Å²) in [4.78, 5) is 16.9. The van der Waals surface area contributed by atoms with Gasteiger partial charge in [-0.05, 0) is 51.5 Å². The number of rotatable bonds is 6. The van der Waals surface area contributed by atoms with Gasteiger partial charge in [0.05, 0.1) is 6.54 Å². The van der Waals surface area contributed by atoms with Crippen molar-refractivity contribution in [1.29, 1.82) is 0 Å². The van der Waals surface area contributed by atoms with Gasteiger partial charge < -0.3 is 5.32 Å². The normalized spacial score (nSPS) is 20.8. The van der Waals surface area contributed by atoms with Crippen molar-refractivity contribution in [2.75, 3.05) is 0 Å². The fraction of sp³-hybridized carbons (Fsp3) is 0.684. The Morgan fingerprint density at radius 3 is 2.72 bits per heavy atom. The van der Waals surface area contributed by atoms with Gasteiger partial charge in [-0.2, -0.15) is 0 Å². The maximum absolute atomic E-state index is 12.5. The summed E-state index contributed by atoms with van der Waals surface area (Å²) >= 11 is 0. The second-order valence-corrected chi connectivity index (χ2v) is 7.37. The first-order valence-corrected chi connectivity index (χ1v) is 9.54. The maximum Gasteiger partial charge on any atom is 0.255 e. The van der Waals surface area contributed by atoms with Crippen LogP contribution in [-0.2, 0) is 11.3 Å². The Kier molecular flexibility index (Phi) is 5.66. The van der Waals surface area contributed by atoms with Crippen molar-refractivity contribution in [2.45, 2.75) is 72.3 Å². The fourth-order valence-electron chi connectivity index (χ4n) is 3.93. The molecule has 1 saturated carbocycles. The molecule has 3 rings (SSSR count). The minimum Gasteiger partial charge on any atom is -0.349 e. The van der Waals surface area contributed by atoms with Crippen LogP contribution in [0, 0.1) is 25.7 Å². The van der Waals surface area contributed by atoms with E-state index in [9.17, 15) is 4.79 Å². The van der Waals surface area contributed by atoms with Gasteiger partial charge in [-0.1, -0.05) is 26.2 Å². The molecule has 0 atom stereocenters. The van der Waals surface area contributed by atoms with Gasteiger partial charge in [0.15, 0.2) is 5.82 Å². The molecule has 6 nitrogen and oxygen atoms in total. The van der Waals surface area contributed by atoms with Gasteiger partial charge in [-0.3, -0.25) is 9.20 Å². The third-order valence-electron chi connectivity index (χ3n) is 5.36. The molecule has 0 radical (unpaired) electrons. The van der Waals surface area contributed by atoms with Crippen LogP contribution in [-0.4, -0.2) is 25.5 Å². The Balaban J connectivity index is 1.55. The molecule has 2 aromatic rings. The maximum atomic E-state index is 12.5. The highest BCUT2D eigenvalue weighted by Gasteiger charge is 2.26. The van der Waals surface area contributed by atoms with Crippen LogP contribution in [0.3, 0.4) is 0 Å². The van der Waals surface area contributed by atoms with Crippen molar-refractivity contribution >= 4 is 11.7 Å². The first kappa shape index (κ1) is 17.8. The number of nitrogens with zero attached hydrogens (tertiary/aromatic N) is 4. The van der Waals surface area contributed by atoms with Crippen molar-refractivity contribution in [3.8, 4) is 0 Å². The molecule has 0 bridgehead atoms. The Morgan fingerprint density at radius 2 is 2.00 bits per heavy atom. The fourth-order valence-corrected chi connectivity index (χ4v) is 3.93. The zero-order valence-electron chi connectivity index (χ0n) is 15.6. The number of carbonyl (C=O) groups is 1. The number of hydrogen-bond acceptors (Lipinski definition) is 4. The summed E-state index contributed by atoms with van der Waals surface area (Å²) in [6, 6.07) is 2.00. The summed E-state index contributed by atoms with van der Waals surface area (Å²) in [6.07, 6.45) is 8.31. The van der Waals surface area contributed by atoms with Crippen LogP contribution < -0.4 is 5.32 Å². The van der Waals surface area contributed by atoms with Gasteiger partial charge in [-0.25, -0.2) is 4.98 Å². The van der Waals surface area contributed by atoms with Crippen molar-refractivity contribution in [3.63, 3.8) is 0 Å². The molecule has 1 aliphatic carbocycles.